The first-order valence-electron chi connectivity index (χ1n) is 5.84. The van der Waals surface area contributed by atoms with Gasteiger partial charge in [-0.1, -0.05) is 30.8 Å². The molecule has 0 saturated heterocycles. The van der Waals surface area contributed by atoms with Gasteiger partial charge in [0.05, 0.1) is 5.69 Å². The molecule has 94 valence electrons. The van der Waals surface area contributed by atoms with Gasteiger partial charge in [0.15, 0.2) is 0 Å². The molecule has 0 amide bonds. The molecule has 2 aromatic rings. The van der Waals surface area contributed by atoms with Crippen LogP contribution in [-0.4, -0.2) is 4.98 Å². The van der Waals surface area contributed by atoms with E-state index in [-0.39, 0.29) is 6.04 Å². The Morgan fingerprint density at radius 3 is 2.67 bits per heavy atom. The highest BCUT2D eigenvalue weighted by atomic mass is 79.9. The molecule has 0 radical (unpaired) electrons. The van der Waals surface area contributed by atoms with Crippen molar-refractivity contribution in [1.82, 2.24) is 4.98 Å². The topological polar surface area (TPSA) is 38.9 Å². The minimum atomic E-state index is 0.0347. The van der Waals surface area contributed by atoms with Crippen LogP contribution >= 0.6 is 27.7 Å². The molecule has 1 aromatic heterocycles. The van der Waals surface area contributed by atoms with E-state index in [0.29, 0.717) is 0 Å². The number of hydrogen-bond acceptors (Lipinski definition) is 3. The summed E-state index contributed by atoms with van der Waals surface area (Å²) >= 11 is 5.23. The molecule has 0 fully saturated rings. The van der Waals surface area contributed by atoms with Crippen LogP contribution in [0.4, 0.5) is 0 Å². The number of pyridine rings is 1. The summed E-state index contributed by atoms with van der Waals surface area (Å²) in [6, 6.07) is 12.3. The summed E-state index contributed by atoms with van der Waals surface area (Å²) in [5, 5.41) is 0. The lowest BCUT2D eigenvalue weighted by molar-refractivity contribution is 0.674. The molecule has 2 rings (SSSR count). The molecule has 1 atom stereocenters. The Balaban J connectivity index is 2.14. The fourth-order valence-electron chi connectivity index (χ4n) is 1.54. The van der Waals surface area contributed by atoms with Crippen molar-refractivity contribution >= 4 is 27.7 Å². The van der Waals surface area contributed by atoms with Crippen LogP contribution in [0.1, 0.15) is 25.1 Å². The number of benzene rings is 1. The van der Waals surface area contributed by atoms with Gasteiger partial charge in [-0.05, 0) is 46.6 Å². The van der Waals surface area contributed by atoms with E-state index in [9.17, 15) is 0 Å². The third kappa shape index (κ3) is 3.34. The summed E-state index contributed by atoms with van der Waals surface area (Å²) in [7, 11) is 0. The van der Waals surface area contributed by atoms with E-state index in [2.05, 4.69) is 40.0 Å². The van der Waals surface area contributed by atoms with E-state index in [1.807, 2.05) is 30.5 Å². The molecule has 2 nitrogen and oxygen atoms in total. The summed E-state index contributed by atoms with van der Waals surface area (Å²) < 4.78 is 1.10. The maximum Gasteiger partial charge on any atom is 0.0571 e. The molecular weight excluding hydrogens is 308 g/mol. The molecule has 0 bridgehead atoms. The number of nitrogens with zero attached hydrogens (tertiary/aromatic N) is 1. The van der Waals surface area contributed by atoms with E-state index in [1.54, 1.807) is 11.8 Å². The van der Waals surface area contributed by atoms with Crippen molar-refractivity contribution in [3.05, 3.63) is 52.8 Å². The SMILES string of the molecule is CC[C@@H](N)c1ccc(Sc2ccccc2Br)cn1. The number of halogens is 1. The molecule has 4 heteroatoms. The molecule has 0 aliphatic carbocycles. The van der Waals surface area contributed by atoms with Crippen molar-refractivity contribution < 1.29 is 0 Å². The quantitative estimate of drug-likeness (QED) is 0.906. The Bertz CT molecular complexity index is 513. The lowest BCUT2D eigenvalue weighted by atomic mass is 10.1. The van der Waals surface area contributed by atoms with Crippen LogP contribution in [0.15, 0.2) is 56.9 Å². The second-order valence-electron chi connectivity index (χ2n) is 3.97. The fraction of sp³-hybridized carbons (Fsp3) is 0.214. The number of aromatic nitrogens is 1. The average molecular weight is 323 g/mol. The van der Waals surface area contributed by atoms with Gasteiger partial charge in [0.25, 0.3) is 0 Å². The third-order valence-electron chi connectivity index (χ3n) is 2.64. The van der Waals surface area contributed by atoms with E-state index < -0.39 is 0 Å². The van der Waals surface area contributed by atoms with Gasteiger partial charge in [-0.2, -0.15) is 0 Å². The Morgan fingerprint density at radius 1 is 1.28 bits per heavy atom. The lowest BCUT2D eigenvalue weighted by Gasteiger charge is -2.09. The largest absolute Gasteiger partial charge is 0.323 e. The standard InChI is InChI=1S/C14H15BrN2S/c1-2-12(16)13-8-7-10(9-17-13)18-14-6-4-3-5-11(14)15/h3-9,12H,2,16H2,1H3/t12-/m1/s1. The van der Waals surface area contributed by atoms with Crippen LogP contribution in [0.25, 0.3) is 0 Å². The average Bonchev–Trinajstić information content (AvgIpc) is 2.41. The van der Waals surface area contributed by atoms with Gasteiger partial charge in [-0.25, -0.2) is 0 Å². The minimum Gasteiger partial charge on any atom is -0.323 e. The second kappa shape index (κ2) is 6.36. The smallest absolute Gasteiger partial charge is 0.0571 e. The summed E-state index contributed by atoms with van der Waals surface area (Å²) in [5.74, 6) is 0. The zero-order chi connectivity index (χ0) is 13.0. The monoisotopic (exact) mass is 322 g/mol. The van der Waals surface area contributed by atoms with Gasteiger partial charge in [0.2, 0.25) is 0 Å². The zero-order valence-electron chi connectivity index (χ0n) is 10.1. The van der Waals surface area contributed by atoms with Gasteiger partial charge in [-0.15, -0.1) is 0 Å². The van der Waals surface area contributed by atoms with Gasteiger partial charge in [0, 0.05) is 26.5 Å². The highest BCUT2D eigenvalue weighted by Crippen LogP contribution is 2.33. The van der Waals surface area contributed by atoms with Crippen molar-refractivity contribution in [2.24, 2.45) is 5.73 Å². The van der Waals surface area contributed by atoms with Crippen LogP contribution < -0.4 is 5.73 Å². The van der Waals surface area contributed by atoms with Crippen molar-refractivity contribution in [2.45, 2.75) is 29.2 Å². The summed E-state index contributed by atoms with van der Waals surface area (Å²) in [4.78, 5) is 6.72. The predicted molar refractivity (Wildman–Crippen MR) is 79.7 cm³/mol. The molecule has 0 aliphatic heterocycles. The highest BCUT2D eigenvalue weighted by Gasteiger charge is 2.06. The maximum absolute atomic E-state index is 5.94. The highest BCUT2D eigenvalue weighted by molar-refractivity contribution is 9.10. The van der Waals surface area contributed by atoms with Gasteiger partial charge in [0.1, 0.15) is 0 Å². The predicted octanol–water partition coefficient (Wildman–Crippen LogP) is 4.41. The molecule has 1 aromatic carbocycles. The van der Waals surface area contributed by atoms with Crippen molar-refractivity contribution in [3.8, 4) is 0 Å². The normalized spacial score (nSPS) is 12.4. The molecule has 18 heavy (non-hydrogen) atoms. The maximum atomic E-state index is 5.94. The van der Waals surface area contributed by atoms with Crippen LogP contribution in [0.2, 0.25) is 0 Å². The number of rotatable bonds is 4. The Hall–Kier alpha value is -0.840. The summed E-state index contributed by atoms with van der Waals surface area (Å²) in [6.45, 7) is 2.07. The molecular formula is C14H15BrN2S. The lowest BCUT2D eigenvalue weighted by Crippen LogP contribution is -2.10. The summed E-state index contributed by atoms with van der Waals surface area (Å²) in [6.07, 6.45) is 2.79. The Kier molecular flexibility index (Phi) is 4.80. The Morgan fingerprint density at radius 2 is 2.06 bits per heavy atom. The molecule has 0 unspecified atom stereocenters. The Labute approximate surface area is 120 Å². The van der Waals surface area contributed by atoms with E-state index in [4.69, 9.17) is 5.73 Å². The van der Waals surface area contributed by atoms with Crippen molar-refractivity contribution in [3.63, 3.8) is 0 Å². The first kappa shape index (κ1) is 13.6. The fourth-order valence-corrected chi connectivity index (χ4v) is 2.87. The van der Waals surface area contributed by atoms with Crippen LogP contribution in [0, 0.1) is 0 Å². The van der Waals surface area contributed by atoms with Crippen molar-refractivity contribution in [2.75, 3.05) is 0 Å². The molecule has 0 spiro atoms. The first-order valence-corrected chi connectivity index (χ1v) is 7.45. The number of hydrogen-bond donors (Lipinski definition) is 1. The van der Waals surface area contributed by atoms with E-state index >= 15 is 0 Å². The molecule has 0 aliphatic rings. The molecule has 1 heterocycles. The van der Waals surface area contributed by atoms with E-state index in [1.165, 1.54) is 4.90 Å². The summed E-state index contributed by atoms with van der Waals surface area (Å²) in [5.41, 5.74) is 6.90. The molecule has 0 saturated carbocycles. The zero-order valence-corrected chi connectivity index (χ0v) is 12.5. The van der Waals surface area contributed by atoms with Gasteiger partial charge >= 0.3 is 0 Å². The second-order valence-corrected chi connectivity index (χ2v) is 5.94. The van der Waals surface area contributed by atoms with E-state index in [0.717, 1.165) is 21.5 Å². The van der Waals surface area contributed by atoms with Crippen LogP contribution in [0.5, 0.6) is 0 Å². The number of nitrogens with two attached hydrogens (primary N) is 1. The van der Waals surface area contributed by atoms with Crippen LogP contribution in [-0.2, 0) is 0 Å². The third-order valence-corrected chi connectivity index (χ3v) is 4.65. The van der Waals surface area contributed by atoms with Crippen molar-refractivity contribution in [1.29, 1.82) is 0 Å². The van der Waals surface area contributed by atoms with Gasteiger partial charge < -0.3 is 5.73 Å². The first-order chi connectivity index (χ1) is 8.70. The van der Waals surface area contributed by atoms with Crippen LogP contribution in [0.3, 0.4) is 0 Å². The minimum absolute atomic E-state index is 0.0347. The molecule has 2 N–H and O–H groups in total. The van der Waals surface area contributed by atoms with Gasteiger partial charge in [-0.3, -0.25) is 4.98 Å².